The minimum atomic E-state index is 0.629. The van der Waals surface area contributed by atoms with Gasteiger partial charge in [0, 0.05) is 50.7 Å². The van der Waals surface area contributed by atoms with Crippen molar-refractivity contribution in [1.29, 1.82) is 0 Å². The number of hydrogen-bond donors (Lipinski definition) is 1. The first kappa shape index (κ1) is 19.0. The number of aromatic amines is 1. The molecule has 148 valence electrons. The van der Waals surface area contributed by atoms with Crippen molar-refractivity contribution in [2.75, 3.05) is 32.8 Å². The summed E-state index contributed by atoms with van der Waals surface area (Å²) in [7, 11) is 0. The van der Waals surface area contributed by atoms with Gasteiger partial charge in [-0.05, 0) is 37.6 Å². The molecule has 2 heterocycles. The van der Waals surface area contributed by atoms with Gasteiger partial charge in [0.25, 0.3) is 0 Å². The molecule has 0 atom stereocenters. The van der Waals surface area contributed by atoms with E-state index in [0.29, 0.717) is 12.6 Å². The molecule has 0 unspecified atom stereocenters. The van der Waals surface area contributed by atoms with E-state index in [2.05, 4.69) is 65.0 Å². The third-order valence-electron chi connectivity index (χ3n) is 5.59. The predicted molar refractivity (Wildman–Crippen MR) is 115 cm³/mol. The molecule has 28 heavy (non-hydrogen) atoms. The summed E-state index contributed by atoms with van der Waals surface area (Å²) < 4.78 is 5.92. The number of fused-ring (bicyclic) bond motifs is 1. The molecule has 1 saturated heterocycles. The first-order chi connectivity index (χ1) is 13.7. The number of piperazine rings is 1. The van der Waals surface area contributed by atoms with Gasteiger partial charge < -0.3 is 9.72 Å². The molecule has 0 amide bonds. The average molecular weight is 379 g/mol. The van der Waals surface area contributed by atoms with Crippen LogP contribution in [0.4, 0.5) is 0 Å². The van der Waals surface area contributed by atoms with E-state index in [-0.39, 0.29) is 0 Å². The molecule has 1 N–H and O–H groups in total. The van der Waals surface area contributed by atoms with Crippen molar-refractivity contribution >= 4 is 10.8 Å². The minimum Gasteiger partial charge on any atom is -0.493 e. The summed E-state index contributed by atoms with van der Waals surface area (Å²) in [6.45, 7) is 12.6. The molecule has 1 fully saturated rings. The lowest BCUT2D eigenvalue weighted by Crippen LogP contribution is -2.48. The topological polar surface area (TPSA) is 44.4 Å². The van der Waals surface area contributed by atoms with Gasteiger partial charge in [-0.3, -0.25) is 9.80 Å². The number of nitrogens with one attached hydrogen (secondary N) is 1. The lowest BCUT2D eigenvalue weighted by molar-refractivity contribution is 0.103. The summed E-state index contributed by atoms with van der Waals surface area (Å²) in [5.41, 5.74) is 2.21. The summed E-state index contributed by atoms with van der Waals surface area (Å²) in [4.78, 5) is 13.3. The van der Waals surface area contributed by atoms with E-state index in [1.165, 1.54) is 10.8 Å². The zero-order chi connectivity index (χ0) is 19.5. The second kappa shape index (κ2) is 8.33. The summed E-state index contributed by atoms with van der Waals surface area (Å²) in [6.07, 6.45) is 1.97. The highest BCUT2D eigenvalue weighted by molar-refractivity contribution is 5.98. The van der Waals surface area contributed by atoms with Crippen molar-refractivity contribution in [3.8, 4) is 17.1 Å². The Bertz CT molecular complexity index is 925. The molecule has 1 aliphatic rings. The summed E-state index contributed by atoms with van der Waals surface area (Å²) in [6, 6.07) is 13.2. The Morgan fingerprint density at radius 2 is 1.86 bits per heavy atom. The van der Waals surface area contributed by atoms with Crippen LogP contribution >= 0.6 is 0 Å². The van der Waals surface area contributed by atoms with E-state index in [1.54, 1.807) is 0 Å². The predicted octanol–water partition coefficient (Wildman–Crippen LogP) is 4.15. The van der Waals surface area contributed by atoms with Crippen LogP contribution in [0.25, 0.3) is 22.2 Å². The highest BCUT2D eigenvalue weighted by Gasteiger charge is 2.20. The molecule has 0 saturated carbocycles. The van der Waals surface area contributed by atoms with Crippen LogP contribution in [0.2, 0.25) is 0 Å². The molecule has 0 radical (unpaired) electrons. The average Bonchev–Trinajstić information content (AvgIpc) is 3.16. The van der Waals surface area contributed by atoms with Crippen molar-refractivity contribution in [3.63, 3.8) is 0 Å². The van der Waals surface area contributed by atoms with Gasteiger partial charge in [-0.15, -0.1) is 0 Å². The third-order valence-corrected chi connectivity index (χ3v) is 5.59. The molecule has 0 spiro atoms. The normalized spacial score (nSPS) is 16.1. The molecule has 3 aromatic rings. The second-order valence-corrected chi connectivity index (χ2v) is 7.76. The Balaban J connectivity index is 1.57. The Labute approximate surface area is 167 Å². The highest BCUT2D eigenvalue weighted by Crippen LogP contribution is 2.35. The van der Waals surface area contributed by atoms with Crippen molar-refractivity contribution in [2.24, 2.45) is 0 Å². The van der Waals surface area contributed by atoms with Crippen LogP contribution in [-0.2, 0) is 6.54 Å². The van der Waals surface area contributed by atoms with E-state index in [1.807, 2.05) is 13.1 Å². The molecule has 1 aliphatic heterocycles. The smallest absolute Gasteiger partial charge is 0.141 e. The summed E-state index contributed by atoms with van der Waals surface area (Å²) in [5.74, 6) is 1.77. The van der Waals surface area contributed by atoms with Crippen LogP contribution in [-0.4, -0.2) is 58.6 Å². The van der Waals surface area contributed by atoms with Gasteiger partial charge in [0.2, 0.25) is 0 Å². The maximum atomic E-state index is 5.92. The summed E-state index contributed by atoms with van der Waals surface area (Å²) in [5, 5.41) is 2.36. The van der Waals surface area contributed by atoms with Crippen molar-refractivity contribution < 1.29 is 4.74 Å². The number of aromatic nitrogens is 2. The molecule has 0 bridgehead atoms. The van der Waals surface area contributed by atoms with E-state index in [4.69, 9.17) is 9.72 Å². The molecule has 2 aromatic carbocycles. The van der Waals surface area contributed by atoms with Gasteiger partial charge in [0.1, 0.15) is 11.6 Å². The molecular weight excluding hydrogens is 348 g/mol. The van der Waals surface area contributed by atoms with Gasteiger partial charge in [0.15, 0.2) is 0 Å². The molecule has 1 aromatic heterocycles. The van der Waals surface area contributed by atoms with Crippen molar-refractivity contribution in [3.05, 3.63) is 48.3 Å². The number of rotatable bonds is 6. The number of imidazole rings is 1. The quantitative estimate of drug-likeness (QED) is 0.700. The number of H-pyrrole nitrogens is 1. The SMILES string of the molecule is CCOc1ccc2ccccc2c1-c1ncc(CN2CCN(C(C)C)CC2)[nH]1. The van der Waals surface area contributed by atoms with Crippen LogP contribution < -0.4 is 4.74 Å². The summed E-state index contributed by atoms with van der Waals surface area (Å²) >= 11 is 0. The van der Waals surface area contributed by atoms with E-state index in [9.17, 15) is 0 Å². The monoisotopic (exact) mass is 378 g/mol. The largest absolute Gasteiger partial charge is 0.493 e. The van der Waals surface area contributed by atoms with Gasteiger partial charge in [-0.25, -0.2) is 4.98 Å². The fraction of sp³-hybridized carbons (Fsp3) is 0.435. The van der Waals surface area contributed by atoms with E-state index >= 15 is 0 Å². The van der Waals surface area contributed by atoms with Gasteiger partial charge in [0.05, 0.1) is 12.2 Å². The Kier molecular flexibility index (Phi) is 5.64. The first-order valence-corrected chi connectivity index (χ1v) is 10.3. The fourth-order valence-electron chi connectivity index (χ4n) is 4.02. The molecule has 4 rings (SSSR count). The third kappa shape index (κ3) is 3.91. The van der Waals surface area contributed by atoms with Gasteiger partial charge in [-0.1, -0.05) is 30.3 Å². The zero-order valence-corrected chi connectivity index (χ0v) is 17.1. The molecule has 0 aliphatic carbocycles. The van der Waals surface area contributed by atoms with E-state index in [0.717, 1.165) is 55.6 Å². The van der Waals surface area contributed by atoms with Crippen LogP contribution in [0.1, 0.15) is 26.5 Å². The van der Waals surface area contributed by atoms with Crippen LogP contribution in [0, 0.1) is 0 Å². The maximum Gasteiger partial charge on any atom is 0.141 e. The zero-order valence-electron chi connectivity index (χ0n) is 17.1. The minimum absolute atomic E-state index is 0.629. The van der Waals surface area contributed by atoms with E-state index < -0.39 is 0 Å². The van der Waals surface area contributed by atoms with Crippen molar-refractivity contribution in [2.45, 2.75) is 33.4 Å². The van der Waals surface area contributed by atoms with Crippen molar-refractivity contribution in [1.82, 2.24) is 19.8 Å². The van der Waals surface area contributed by atoms with Crippen LogP contribution in [0.5, 0.6) is 5.75 Å². The second-order valence-electron chi connectivity index (χ2n) is 7.76. The Morgan fingerprint density at radius 1 is 1.07 bits per heavy atom. The molecule has 5 heteroatoms. The number of benzene rings is 2. The van der Waals surface area contributed by atoms with Gasteiger partial charge in [-0.2, -0.15) is 0 Å². The highest BCUT2D eigenvalue weighted by atomic mass is 16.5. The Morgan fingerprint density at radius 3 is 2.61 bits per heavy atom. The molecule has 5 nitrogen and oxygen atoms in total. The fourth-order valence-corrected chi connectivity index (χ4v) is 4.02. The lowest BCUT2D eigenvalue weighted by Gasteiger charge is -2.36. The number of nitrogens with zero attached hydrogens (tertiary/aromatic N) is 3. The number of ether oxygens (including phenoxy) is 1. The van der Waals surface area contributed by atoms with Gasteiger partial charge >= 0.3 is 0 Å². The first-order valence-electron chi connectivity index (χ1n) is 10.3. The molecular formula is C23H30N4O. The number of hydrogen-bond acceptors (Lipinski definition) is 4. The lowest BCUT2D eigenvalue weighted by atomic mass is 10.0. The standard InChI is InChI=1S/C23H30N4O/c1-4-28-21-10-9-18-7-5-6-8-20(18)22(21)23-24-15-19(25-23)16-26-11-13-27(14-12-26)17(2)3/h5-10,15,17H,4,11-14,16H2,1-3H3,(H,24,25). The van der Waals surface area contributed by atoms with Crippen LogP contribution in [0.3, 0.4) is 0 Å². The Hall–Kier alpha value is -2.37. The van der Waals surface area contributed by atoms with Crippen LogP contribution in [0.15, 0.2) is 42.6 Å². The maximum absolute atomic E-state index is 5.92.